The highest BCUT2D eigenvalue weighted by atomic mass is 16.5. The van der Waals surface area contributed by atoms with Crippen molar-refractivity contribution >= 4 is 0 Å². The second kappa shape index (κ2) is 6.57. The zero-order valence-corrected chi connectivity index (χ0v) is 9.05. The number of benzene rings is 1. The van der Waals surface area contributed by atoms with Gasteiger partial charge in [0.1, 0.15) is 0 Å². The van der Waals surface area contributed by atoms with Gasteiger partial charge in [-0.15, -0.1) is 0 Å². The van der Waals surface area contributed by atoms with Crippen molar-refractivity contribution in [3.8, 4) is 0 Å². The first-order chi connectivity index (χ1) is 6.84. The van der Waals surface area contributed by atoms with Crippen molar-refractivity contribution in [1.82, 2.24) is 5.32 Å². The molecule has 1 N–H and O–H groups in total. The molecule has 0 fully saturated rings. The number of ether oxygens (including phenoxy) is 1. The molecule has 0 spiro atoms. The van der Waals surface area contributed by atoms with E-state index in [0.29, 0.717) is 0 Å². The van der Waals surface area contributed by atoms with Crippen molar-refractivity contribution in [2.75, 3.05) is 26.8 Å². The summed E-state index contributed by atoms with van der Waals surface area (Å²) >= 11 is 0. The van der Waals surface area contributed by atoms with Crippen LogP contribution < -0.4 is 5.32 Å². The molecule has 78 valence electrons. The molecule has 0 aliphatic heterocycles. The molecule has 14 heavy (non-hydrogen) atoms. The van der Waals surface area contributed by atoms with Crippen molar-refractivity contribution in [2.45, 2.75) is 13.3 Å². The molecule has 1 aromatic carbocycles. The van der Waals surface area contributed by atoms with Gasteiger partial charge in [-0.1, -0.05) is 24.3 Å². The Bertz CT molecular complexity index is 260. The molecule has 0 aliphatic carbocycles. The minimum Gasteiger partial charge on any atom is -0.383 e. The standard InChI is InChI=1S/C12H19NO/c1-11-5-3-4-6-12(11)7-8-13-9-10-14-2/h3-6,13H,7-10H2,1-2H3. The lowest BCUT2D eigenvalue weighted by Crippen LogP contribution is -2.21. The lowest BCUT2D eigenvalue weighted by Gasteiger charge is -2.06. The Morgan fingerprint density at radius 1 is 1.21 bits per heavy atom. The minimum absolute atomic E-state index is 0.785. The molecule has 1 aromatic rings. The highest BCUT2D eigenvalue weighted by Gasteiger charge is 1.95. The summed E-state index contributed by atoms with van der Waals surface area (Å²) in [7, 11) is 1.73. The van der Waals surface area contributed by atoms with Crippen LogP contribution in [0.2, 0.25) is 0 Å². The predicted molar refractivity (Wildman–Crippen MR) is 59.6 cm³/mol. The van der Waals surface area contributed by atoms with E-state index in [4.69, 9.17) is 4.74 Å². The van der Waals surface area contributed by atoms with Crippen molar-refractivity contribution in [1.29, 1.82) is 0 Å². The molecule has 0 heterocycles. The van der Waals surface area contributed by atoms with Crippen LogP contribution in [-0.4, -0.2) is 26.8 Å². The summed E-state index contributed by atoms with van der Waals surface area (Å²) in [5.41, 5.74) is 2.80. The van der Waals surface area contributed by atoms with Crippen molar-refractivity contribution in [2.24, 2.45) is 0 Å². The average Bonchev–Trinajstić information content (AvgIpc) is 2.20. The molecule has 0 radical (unpaired) electrons. The molecule has 2 nitrogen and oxygen atoms in total. The predicted octanol–water partition coefficient (Wildman–Crippen LogP) is 1.77. The second-order valence-electron chi connectivity index (χ2n) is 3.42. The zero-order chi connectivity index (χ0) is 10.2. The maximum Gasteiger partial charge on any atom is 0.0587 e. The van der Waals surface area contributed by atoms with E-state index in [9.17, 15) is 0 Å². The minimum atomic E-state index is 0.785. The van der Waals surface area contributed by atoms with Crippen LogP contribution >= 0.6 is 0 Å². The molecular weight excluding hydrogens is 174 g/mol. The first-order valence-electron chi connectivity index (χ1n) is 5.08. The molecule has 0 saturated heterocycles. The quantitative estimate of drug-likeness (QED) is 0.695. The summed E-state index contributed by atoms with van der Waals surface area (Å²) in [6.45, 7) is 4.90. The normalized spacial score (nSPS) is 10.4. The van der Waals surface area contributed by atoms with Gasteiger partial charge in [0.25, 0.3) is 0 Å². The number of hydrogen-bond acceptors (Lipinski definition) is 2. The molecule has 0 aliphatic rings. The van der Waals surface area contributed by atoms with E-state index in [1.54, 1.807) is 7.11 Å². The topological polar surface area (TPSA) is 21.3 Å². The van der Waals surface area contributed by atoms with Gasteiger partial charge in [0.05, 0.1) is 6.61 Å². The third kappa shape index (κ3) is 3.90. The molecule has 0 amide bonds. The van der Waals surface area contributed by atoms with Crippen molar-refractivity contribution in [3.05, 3.63) is 35.4 Å². The van der Waals surface area contributed by atoms with Crippen LogP contribution in [0.5, 0.6) is 0 Å². The van der Waals surface area contributed by atoms with Gasteiger partial charge in [-0.2, -0.15) is 0 Å². The van der Waals surface area contributed by atoms with Gasteiger partial charge < -0.3 is 10.1 Å². The first kappa shape index (κ1) is 11.2. The fourth-order valence-corrected chi connectivity index (χ4v) is 1.41. The molecule has 0 saturated carbocycles. The fraction of sp³-hybridized carbons (Fsp3) is 0.500. The molecule has 0 unspecified atom stereocenters. The summed E-state index contributed by atoms with van der Waals surface area (Å²) in [6.07, 6.45) is 1.09. The average molecular weight is 193 g/mol. The Hall–Kier alpha value is -0.860. The zero-order valence-electron chi connectivity index (χ0n) is 9.05. The molecular formula is C12H19NO. The molecule has 0 aromatic heterocycles. The number of nitrogens with one attached hydrogen (secondary N) is 1. The first-order valence-corrected chi connectivity index (χ1v) is 5.08. The Kier molecular flexibility index (Phi) is 5.27. The van der Waals surface area contributed by atoms with Gasteiger partial charge in [-0.25, -0.2) is 0 Å². The lowest BCUT2D eigenvalue weighted by atomic mass is 10.1. The van der Waals surface area contributed by atoms with Crippen LogP contribution in [-0.2, 0) is 11.2 Å². The summed E-state index contributed by atoms with van der Waals surface area (Å²) in [5, 5.41) is 3.34. The summed E-state index contributed by atoms with van der Waals surface area (Å²) < 4.78 is 4.96. The third-order valence-corrected chi connectivity index (χ3v) is 2.32. The number of methoxy groups -OCH3 is 1. The number of aryl methyl sites for hydroxylation is 1. The van der Waals surface area contributed by atoms with Gasteiger partial charge in [-0.3, -0.25) is 0 Å². The third-order valence-electron chi connectivity index (χ3n) is 2.32. The summed E-state index contributed by atoms with van der Waals surface area (Å²) in [5.74, 6) is 0. The van der Waals surface area contributed by atoms with Crippen LogP contribution in [0.3, 0.4) is 0 Å². The largest absolute Gasteiger partial charge is 0.383 e. The van der Waals surface area contributed by atoms with Gasteiger partial charge in [0, 0.05) is 13.7 Å². The van der Waals surface area contributed by atoms with Crippen LogP contribution in [0, 0.1) is 6.92 Å². The highest BCUT2D eigenvalue weighted by molar-refractivity contribution is 5.25. The van der Waals surface area contributed by atoms with E-state index in [2.05, 4.69) is 36.5 Å². The lowest BCUT2D eigenvalue weighted by molar-refractivity contribution is 0.199. The maximum absolute atomic E-state index is 4.96. The SMILES string of the molecule is COCCNCCc1ccccc1C. The smallest absolute Gasteiger partial charge is 0.0587 e. The van der Waals surface area contributed by atoms with Gasteiger partial charge in [0.2, 0.25) is 0 Å². The highest BCUT2D eigenvalue weighted by Crippen LogP contribution is 2.06. The van der Waals surface area contributed by atoms with E-state index in [0.717, 1.165) is 26.1 Å². The van der Waals surface area contributed by atoms with Gasteiger partial charge in [-0.05, 0) is 31.0 Å². The monoisotopic (exact) mass is 193 g/mol. The van der Waals surface area contributed by atoms with E-state index in [1.807, 2.05) is 0 Å². The van der Waals surface area contributed by atoms with E-state index >= 15 is 0 Å². The van der Waals surface area contributed by atoms with E-state index < -0.39 is 0 Å². The van der Waals surface area contributed by atoms with Crippen LogP contribution in [0.4, 0.5) is 0 Å². The molecule has 0 bridgehead atoms. The Morgan fingerprint density at radius 3 is 2.71 bits per heavy atom. The summed E-state index contributed by atoms with van der Waals surface area (Å²) in [4.78, 5) is 0. The van der Waals surface area contributed by atoms with Gasteiger partial charge >= 0.3 is 0 Å². The van der Waals surface area contributed by atoms with E-state index in [1.165, 1.54) is 11.1 Å². The Morgan fingerprint density at radius 2 is 2.00 bits per heavy atom. The van der Waals surface area contributed by atoms with Crippen LogP contribution in [0.1, 0.15) is 11.1 Å². The molecule has 2 heteroatoms. The summed E-state index contributed by atoms with van der Waals surface area (Å²) in [6, 6.07) is 8.52. The maximum atomic E-state index is 4.96. The van der Waals surface area contributed by atoms with Crippen LogP contribution in [0.15, 0.2) is 24.3 Å². The molecule has 1 rings (SSSR count). The Balaban J connectivity index is 2.21. The number of hydrogen-bond donors (Lipinski definition) is 1. The fourth-order valence-electron chi connectivity index (χ4n) is 1.41. The second-order valence-corrected chi connectivity index (χ2v) is 3.42. The Labute approximate surface area is 86.3 Å². The van der Waals surface area contributed by atoms with Crippen molar-refractivity contribution in [3.63, 3.8) is 0 Å². The molecule has 0 atom stereocenters. The van der Waals surface area contributed by atoms with Crippen molar-refractivity contribution < 1.29 is 4.74 Å². The van der Waals surface area contributed by atoms with Crippen LogP contribution in [0.25, 0.3) is 0 Å². The van der Waals surface area contributed by atoms with Gasteiger partial charge in [0.15, 0.2) is 0 Å². The van der Waals surface area contributed by atoms with E-state index in [-0.39, 0.29) is 0 Å². The number of rotatable bonds is 6.